The first-order valence-electron chi connectivity index (χ1n) is 5.18. The molecule has 1 saturated heterocycles. The molecule has 1 fully saturated rings. The van der Waals surface area contributed by atoms with Gasteiger partial charge in [-0.15, -0.1) is 0 Å². The summed E-state index contributed by atoms with van der Waals surface area (Å²) >= 11 is 0. The maximum absolute atomic E-state index is 5.77. The van der Waals surface area contributed by atoms with Crippen molar-refractivity contribution in [3.05, 3.63) is 24.2 Å². The van der Waals surface area contributed by atoms with Gasteiger partial charge < -0.3 is 14.5 Å². The lowest BCUT2D eigenvalue weighted by atomic mass is 10.1. The standard InChI is InChI=1S/C11H17NO2/c1-8-5-7-14-11(9(2)12-8)10-4-3-6-13-10/h3-4,6,8-9,11-12H,5,7H2,1-2H3. The molecule has 3 atom stereocenters. The molecule has 1 aromatic heterocycles. The van der Waals surface area contributed by atoms with E-state index in [2.05, 4.69) is 19.2 Å². The van der Waals surface area contributed by atoms with Crippen LogP contribution >= 0.6 is 0 Å². The average molecular weight is 195 g/mol. The molecule has 3 heteroatoms. The van der Waals surface area contributed by atoms with Crippen LogP contribution in [0, 0.1) is 0 Å². The van der Waals surface area contributed by atoms with Crippen LogP contribution in [-0.2, 0) is 4.74 Å². The molecule has 14 heavy (non-hydrogen) atoms. The van der Waals surface area contributed by atoms with Crippen molar-refractivity contribution in [3.63, 3.8) is 0 Å². The lowest BCUT2D eigenvalue weighted by molar-refractivity contribution is 0.0309. The predicted molar refractivity (Wildman–Crippen MR) is 54.1 cm³/mol. The van der Waals surface area contributed by atoms with E-state index in [0.29, 0.717) is 12.1 Å². The normalized spacial score (nSPS) is 34.0. The van der Waals surface area contributed by atoms with Crippen LogP contribution in [0.15, 0.2) is 22.8 Å². The quantitative estimate of drug-likeness (QED) is 0.745. The number of rotatable bonds is 1. The molecule has 0 spiro atoms. The van der Waals surface area contributed by atoms with E-state index in [1.807, 2.05) is 12.1 Å². The third-order valence-corrected chi connectivity index (χ3v) is 2.67. The van der Waals surface area contributed by atoms with Gasteiger partial charge in [-0.05, 0) is 32.4 Å². The zero-order valence-electron chi connectivity index (χ0n) is 8.69. The fourth-order valence-electron chi connectivity index (χ4n) is 1.92. The highest BCUT2D eigenvalue weighted by atomic mass is 16.5. The summed E-state index contributed by atoms with van der Waals surface area (Å²) in [5, 5.41) is 3.50. The summed E-state index contributed by atoms with van der Waals surface area (Å²) in [5.74, 6) is 0.916. The predicted octanol–water partition coefficient (Wildman–Crippen LogP) is 2.11. The van der Waals surface area contributed by atoms with E-state index in [1.165, 1.54) is 0 Å². The highest BCUT2D eigenvalue weighted by Crippen LogP contribution is 2.24. The fourth-order valence-corrected chi connectivity index (χ4v) is 1.92. The molecule has 2 rings (SSSR count). The van der Waals surface area contributed by atoms with Crippen molar-refractivity contribution in [1.29, 1.82) is 0 Å². The second kappa shape index (κ2) is 4.15. The van der Waals surface area contributed by atoms with Crippen molar-refractivity contribution in [2.75, 3.05) is 6.61 Å². The minimum atomic E-state index is 0.0509. The Morgan fingerprint density at radius 3 is 3.00 bits per heavy atom. The lowest BCUT2D eigenvalue weighted by Gasteiger charge is -2.21. The molecule has 2 heterocycles. The Kier molecular flexibility index (Phi) is 2.89. The summed E-state index contributed by atoms with van der Waals surface area (Å²) in [7, 11) is 0. The van der Waals surface area contributed by atoms with E-state index >= 15 is 0 Å². The number of furan rings is 1. The number of hydrogen-bond donors (Lipinski definition) is 1. The van der Waals surface area contributed by atoms with E-state index in [9.17, 15) is 0 Å². The zero-order chi connectivity index (χ0) is 9.97. The molecule has 0 saturated carbocycles. The highest BCUT2D eigenvalue weighted by molar-refractivity contribution is 5.05. The van der Waals surface area contributed by atoms with Crippen LogP contribution in [0.1, 0.15) is 32.1 Å². The molecule has 1 aromatic rings. The molecule has 1 aliphatic rings. The van der Waals surface area contributed by atoms with Gasteiger partial charge in [-0.3, -0.25) is 0 Å². The zero-order valence-corrected chi connectivity index (χ0v) is 8.69. The molecular weight excluding hydrogens is 178 g/mol. The summed E-state index contributed by atoms with van der Waals surface area (Å²) in [5.41, 5.74) is 0. The maximum atomic E-state index is 5.77. The van der Waals surface area contributed by atoms with E-state index in [-0.39, 0.29) is 6.10 Å². The van der Waals surface area contributed by atoms with Gasteiger partial charge >= 0.3 is 0 Å². The van der Waals surface area contributed by atoms with Crippen molar-refractivity contribution < 1.29 is 9.15 Å². The number of hydrogen-bond acceptors (Lipinski definition) is 3. The second-order valence-corrected chi connectivity index (χ2v) is 3.95. The Morgan fingerprint density at radius 1 is 1.43 bits per heavy atom. The van der Waals surface area contributed by atoms with Gasteiger partial charge in [0.1, 0.15) is 11.9 Å². The molecule has 0 amide bonds. The summed E-state index contributed by atoms with van der Waals surface area (Å²) in [6.45, 7) is 5.11. The van der Waals surface area contributed by atoms with Crippen LogP contribution in [0.3, 0.4) is 0 Å². The lowest BCUT2D eigenvalue weighted by Crippen LogP contribution is -2.36. The third-order valence-electron chi connectivity index (χ3n) is 2.67. The summed E-state index contributed by atoms with van der Waals surface area (Å²) in [6.07, 6.45) is 2.80. The van der Waals surface area contributed by atoms with Crippen LogP contribution in [0.25, 0.3) is 0 Å². The topological polar surface area (TPSA) is 34.4 Å². The number of nitrogens with one attached hydrogen (secondary N) is 1. The van der Waals surface area contributed by atoms with Gasteiger partial charge in [0, 0.05) is 18.7 Å². The largest absolute Gasteiger partial charge is 0.467 e. The van der Waals surface area contributed by atoms with E-state index in [0.717, 1.165) is 18.8 Å². The van der Waals surface area contributed by atoms with Crippen LogP contribution in [-0.4, -0.2) is 18.7 Å². The van der Waals surface area contributed by atoms with E-state index < -0.39 is 0 Å². The van der Waals surface area contributed by atoms with E-state index in [1.54, 1.807) is 6.26 Å². The maximum Gasteiger partial charge on any atom is 0.134 e. The highest BCUT2D eigenvalue weighted by Gasteiger charge is 2.26. The van der Waals surface area contributed by atoms with Gasteiger partial charge in [-0.2, -0.15) is 0 Å². The molecule has 3 nitrogen and oxygen atoms in total. The van der Waals surface area contributed by atoms with Gasteiger partial charge in [0.05, 0.1) is 6.26 Å². The second-order valence-electron chi connectivity index (χ2n) is 3.95. The fraction of sp³-hybridized carbons (Fsp3) is 0.636. The van der Waals surface area contributed by atoms with Gasteiger partial charge in [0.25, 0.3) is 0 Å². The Hall–Kier alpha value is -0.800. The van der Waals surface area contributed by atoms with Gasteiger partial charge in [0.15, 0.2) is 0 Å². The first kappa shape index (κ1) is 9.74. The van der Waals surface area contributed by atoms with Crippen LogP contribution < -0.4 is 5.32 Å². The Balaban J connectivity index is 2.11. The molecule has 78 valence electrons. The van der Waals surface area contributed by atoms with Crippen molar-refractivity contribution in [3.8, 4) is 0 Å². The van der Waals surface area contributed by atoms with Crippen LogP contribution in [0.2, 0.25) is 0 Å². The SMILES string of the molecule is CC1CCOC(c2ccco2)C(C)N1. The van der Waals surface area contributed by atoms with Gasteiger partial charge in [-0.1, -0.05) is 0 Å². The van der Waals surface area contributed by atoms with Crippen molar-refractivity contribution in [1.82, 2.24) is 5.32 Å². The molecule has 1 aliphatic heterocycles. The average Bonchev–Trinajstić information content (AvgIpc) is 2.59. The van der Waals surface area contributed by atoms with Gasteiger partial charge in [0.2, 0.25) is 0 Å². The molecule has 0 aliphatic carbocycles. The molecule has 0 bridgehead atoms. The summed E-state index contributed by atoms with van der Waals surface area (Å²) in [4.78, 5) is 0. The van der Waals surface area contributed by atoms with Crippen molar-refractivity contribution in [2.24, 2.45) is 0 Å². The Morgan fingerprint density at radius 2 is 2.29 bits per heavy atom. The third kappa shape index (κ3) is 1.99. The smallest absolute Gasteiger partial charge is 0.134 e. The monoisotopic (exact) mass is 195 g/mol. The molecule has 0 aromatic carbocycles. The minimum Gasteiger partial charge on any atom is -0.467 e. The molecule has 0 radical (unpaired) electrons. The Bertz CT molecular complexity index is 271. The summed E-state index contributed by atoms with van der Waals surface area (Å²) < 4.78 is 11.1. The van der Waals surface area contributed by atoms with Crippen LogP contribution in [0.5, 0.6) is 0 Å². The number of ether oxygens (including phenoxy) is 1. The van der Waals surface area contributed by atoms with Crippen molar-refractivity contribution in [2.45, 2.75) is 38.5 Å². The molecule has 3 unspecified atom stereocenters. The van der Waals surface area contributed by atoms with Crippen LogP contribution in [0.4, 0.5) is 0 Å². The molecule has 1 N–H and O–H groups in total. The van der Waals surface area contributed by atoms with Crippen molar-refractivity contribution >= 4 is 0 Å². The van der Waals surface area contributed by atoms with Gasteiger partial charge in [-0.25, -0.2) is 0 Å². The molecular formula is C11H17NO2. The minimum absolute atomic E-state index is 0.0509. The van der Waals surface area contributed by atoms with E-state index in [4.69, 9.17) is 9.15 Å². The first-order valence-corrected chi connectivity index (χ1v) is 5.18. The first-order chi connectivity index (χ1) is 6.77. The summed E-state index contributed by atoms with van der Waals surface area (Å²) in [6, 6.07) is 4.70. The Labute approximate surface area is 84.4 Å².